The number of sulfonamides is 1. The predicted octanol–water partition coefficient (Wildman–Crippen LogP) is 3.62. The largest absolute Gasteiger partial charge is 0.368 e. The van der Waals surface area contributed by atoms with Gasteiger partial charge < -0.3 is 10.1 Å². The van der Waals surface area contributed by atoms with Crippen molar-refractivity contribution in [2.45, 2.75) is 70.8 Å². The SMILES string of the molecule is CCN(CC)S(=O)(=O)c1cc(C)c(C)c(NC(=O)COC2CCCCC2)c1. The van der Waals surface area contributed by atoms with E-state index in [0.717, 1.165) is 36.8 Å². The number of benzene rings is 1. The number of hydrogen-bond donors (Lipinski definition) is 1. The summed E-state index contributed by atoms with van der Waals surface area (Å²) in [6, 6.07) is 3.21. The second-order valence-electron chi connectivity index (χ2n) is 7.12. The molecule has 0 spiro atoms. The number of ether oxygens (including phenoxy) is 1. The Hall–Kier alpha value is -1.44. The number of nitrogens with one attached hydrogen (secondary N) is 1. The summed E-state index contributed by atoms with van der Waals surface area (Å²) in [5.41, 5.74) is 2.21. The van der Waals surface area contributed by atoms with E-state index >= 15 is 0 Å². The van der Waals surface area contributed by atoms with Crippen LogP contribution in [0, 0.1) is 13.8 Å². The molecule has 0 aliphatic heterocycles. The molecule has 152 valence electrons. The lowest BCUT2D eigenvalue weighted by Crippen LogP contribution is -2.31. The van der Waals surface area contributed by atoms with Crippen LogP contribution >= 0.6 is 0 Å². The van der Waals surface area contributed by atoms with Gasteiger partial charge in [0.1, 0.15) is 6.61 Å². The van der Waals surface area contributed by atoms with E-state index in [1.165, 1.54) is 10.7 Å². The molecule has 7 heteroatoms. The van der Waals surface area contributed by atoms with E-state index in [2.05, 4.69) is 5.32 Å². The molecular weight excluding hydrogens is 364 g/mol. The van der Waals surface area contributed by atoms with Gasteiger partial charge in [-0.2, -0.15) is 4.31 Å². The van der Waals surface area contributed by atoms with Crippen molar-refractivity contribution in [3.63, 3.8) is 0 Å². The third-order valence-corrected chi connectivity index (χ3v) is 7.29. The highest BCUT2D eigenvalue weighted by molar-refractivity contribution is 7.89. The fraction of sp³-hybridized carbons (Fsp3) is 0.650. The van der Waals surface area contributed by atoms with Gasteiger partial charge >= 0.3 is 0 Å². The molecule has 1 aliphatic carbocycles. The summed E-state index contributed by atoms with van der Waals surface area (Å²) in [6.45, 7) is 8.16. The molecule has 0 radical (unpaired) electrons. The van der Waals surface area contributed by atoms with Gasteiger partial charge in [-0.25, -0.2) is 8.42 Å². The monoisotopic (exact) mass is 396 g/mol. The van der Waals surface area contributed by atoms with E-state index < -0.39 is 10.0 Å². The molecule has 0 unspecified atom stereocenters. The lowest BCUT2D eigenvalue weighted by Gasteiger charge is -2.22. The van der Waals surface area contributed by atoms with E-state index in [9.17, 15) is 13.2 Å². The molecule has 1 N–H and O–H groups in total. The Balaban J connectivity index is 2.14. The maximum atomic E-state index is 12.8. The fourth-order valence-electron chi connectivity index (χ4n) is 3.43. The highest BCUT2D eigenvalue weighted by Crippen LogP contribution is 2.26. The predicted molar refractivity (Wildman–Crippen MR) is 107 cm³/mol. The van der Waals surface area contributed by atoms with Crippen LogP contribution in [0.2, 0.25) is 0 Å². The lowest BCUT2D eigenvalue weighted by atomic mass is 9.98. The van der Waals surface area contributed by atoms with Gasteiger partial charge in [0, 0.05) is 18.8 Å². The van der Waals surface area contributed by atoms with Crippen LogP contribution in [0.4, 0.5) is 5.69 Å². The van der Waals surface area contributed by atoms with E-state index in [0.29, 0.717) is 18.8 Å². The minimum absolute atomic E-state index is 0.00379. The Kier molecular flexibility index (Phi) is 7.82. The van der Waals surface area contributed by atoms with Gasteiger partial charge in [-0.15, -0.1) is 0 Å². The van der Waals surface area contributed by atoms with Crippen molar-refractivity contribution < 1.29 is 17.9 Å². The standard InChI is InChI=1S/C20H32N2O4S/c1-5-22(6-2)27(24,25)18-12-15(3)16(4)19(13-18)21-20(23)14-26-17-10-8-7-9-11-17/h12-13,17H,5-11,14H2,1-4H3,(H,21,23). The number of carbonyl (C=O) groups is 1. The number of nitrogens with zero attached hydrogens (tertiary/aromatic N) is 1. The zero-order valence-electron chi connectivity index (χ0n) is 16.9. The number of amides is 1. The molecule has 0 bridgehead atoms. The molecule has 2 rings (SSSR count). The number of aryl methyl sites for hydroxylation is 1. The topological polar surface area (TPSA) is 75.7 Å². The number of anilines is 1. The Bertz CT molecular complexity index is 751. The van der Waals surface area contributed by atoms with Crippen molar-refractivity contribution in [2.24, 2.45) is 0 Å². The zero-order valence-corrected chi connectivity index (χ0v) is 17.7. The second kappa shape index (κ2) is 9.66. The van der Waals surface area contributed by atoms with Gasteiger partial charge in [0.25, 0.3) is 0 Å². The van der Waals surface area contributed by atoms with Crippen molar-refractivity contribution in [1.82, 2.24) is 4.31 Å². The lowest BCUT2D eigenvalue weighted by molar-refractivity contribution is -0.123. The summed E-state index contributed by atoms with van der Waals surface area (Å²) < 4.78 is 32.8. The smallest absolute Gasteiger partial charge is 0.250 e. The first-order valence-corrected chi connectivity index (χ1v) is 11.3. The average Bonchev–Trinajstić information content (AvgIpc) is 2.65. The van der Waals surface area contributed by atoms with E-state index in [-0.39, 0.29) is 23.5 Å². The fourth-order valence-corrected chi connectivity index (χ4v) is 5.00. The molecule has 1 fully saturated rings. The third-order valence-electron chi connectivity index (χ3n) is 5.26. The van der Waals surface area contributed by atoms with Gasteiger partial charge in [-0.05, 0) is 49.9 Å². The quantitative estimate of drug-likeness (QED) is 0.728. The van der Waals surface area contributed by atoms with E-state index in [1.807, 2.05) is 27.7 Å². The molecule has 27 heavy (non-hydrogen) atoms. The van der Waals surface area contributed by atoms with Gasteiger partial charge in [-0.1, -0.05) is 33.1 Å². The van der Waals surface area contributed by atoms with Crippen LogP contribution in [0.15, 0.2) is 17.0 Å². The van der Waals surface area contributed by atoms with Crippen LogP contribution in [0.1, 0.15) is 57.1 Å². The van der Waals surface area contributed by atoms with Gasteiger partial charge in [-0.3, -0.25) is 4.79 Å². The van der Waals surface area contributed by atoms with Gasteiger partial charge in [0.05, 0.1) is 11.0 Å². The summed E-state index contributed by atoms with van der Waals surface area (Å²) in [4.78, 5) is 12.5. The maximum Gasteiger partial charge on any atom is 0.250 e. The minimum atomic E-state index is -3.58. The highest BCUT2D eigenvalue weighted by atomic mass is 32.2. The van der Waals surface area contributed by atoms with Crippen molar-refractivity contribution in [1.29, 1.82) is 0 Å². The molecule has 1 aromatic carbocycles. The van der Waals surface area contributed by atoms with Crippen molar-refractivity contribution in [2.75, 3.05) is 25.0 Å². The van der Waals surface area contributed by atoms with E-state index in [1.54, 1.807) is 12.1 Å². The molecule has 6 nitrogen and oxygen atoms in total. The Morgan fingerprint density at radius 3 is 2.37 bits per heavy atom. The van der Waals surface area contributed by atoms with Crippen LogP contribution in [0.25, 0.3) is 0 Å². The van der Waals surface area contributed by atoms with Crippen molar-refractivity contribution in [3.05, 3.63) is 23.3 Å². The number of carbonyl (C=O) groups excluding carboxylic acids is 1. The third kappa shape index (κ3) is 5.53. The number of hydrogen-bond acceptors (Lipinski definition) is 4. The van der Waals surface area contributed by atoms with Crippen LogP contribution < -0.4 is 5.32 Å². The maximum absolute atomic E-state index is 12.8. The first-order chi connectivity index (χ1) is 12.8. The van der Waals surface area contributed by atoms with Crippen LogP contribution in [-0.4, -0.2) is 44.4 Å². The van der Waals surface area contributed by atoms with Gasteiger partial charge in [0.15, 0.2) is 0 Å². The molecule has 1 aromatic rings. The Labute approximate surface area is 163 Å². The Morgan fingerprint density at radius 1 is 1.15 bits per heavy atom. The van der Waals surface area contributed by atoms with Crippen LogP contribution in [0.3, 0.4) is 0 Å². The minimum Gasteiger partial charge on any atom is -0.368 e. The molecule has 1 aliphatic rings. The molecule has 0 saturated heterocycles. The summed E-state index contributed by atoms with van der Waals surface area (Å²) in [5.74, 6) is -0.250. The van der Waals surface area contributed by atoms with Crippen molar-refractivity contribution >= 4 is 21.6 Å². The first kappa shape index (κ1) is 21.9. The molecule has 0 heterocycles. The molecular formula is C20H32N2O4S. The van der Waals surface area contributed by atoms with Crippen molar-refractivity contribution in [3.8, 4) is 0 Å². The van der Waals surface area contributed by atoms with Crippen LogP contribution in [-0.2, 0) is 19.6 Å². The first-order valence-electron chi connectivity index (χ1n) is 9.82. The zero-order chi connectivity index (χ0) is 20.0. The van der Waals surface area contributed by atoms with Crippen LogP contribution in [0.5, 0.6) is 0 Å². The highest BCUT2D eigenvalue weighted by Gasteiger charge is 2.23. The average molecular weight is 397 g/mol. The summed E-state index contributed by atoms with van der Waals surface area (Å²) in [6.07, 6.45) is 5.69. The summed E-state index contributed by atoms with van der Waals surface area (Å²) in [7, 11) is -3.58. The summed E-state index contributed by atoms with van der Waals surface area (Å²) >= 11 is 0. The number of rotatable bonds is 8. The normalized spacial score (nSPS) is 15.9. The molecule has 0 aromatic heterocycles. The molecule has 1 saturated carbocycles. The molecule has 1 amide bonds. The Morgan fingerprint density at radius 2 is 1.78 bits per heavy atom. The van der Waals surface area contributed by atoms with Gasteiger partial charge in [0.2, 0.25) is 15.9 Å². The van der Waals surface area contributed by atoms with E-state index in [4.69, 9.17) is 4.74 Å². The summed E-state index contributed by atoms with van der Waals surface area (Å²) in [5, 5.41) is 2.83. The second-order valence-corrected chi connectivity index (χ2v) is 9.06. The molecule has 0 atom stereocenters.